The molecule has 2 unspecified atom stereocenters. The van der Waals surface area contributed by atoms with E-state index in [0.29, 0.717) is 23.5 Å². The highest BCUT2D eigenvalue weighted by molar-refractivity contribution is 5.98. The number of amides is 1. The molecule has 2 atom stereocenters. The first-order valence-corrected chi connectivity index (χ1v) is 9.38. The summed E-state index contributed by atoms with van der Waals surface area (Å²) >= 11 is 0. The third-order valence-corrected chi connectivity index (χ3v) is 5.31. The van der Waals surface area contributed by atoms with Gasteiger partial charge in [0.2, 0.25) is 0 Å². The average Bonchev–Trinajstić information content (AvgIpc) is 2.71. The van der Waals surface area contributed by atoms with E-state index in [1.165, 1.54) is 6.08 Å². The van der Waals surface area contributed by atoms with Crippen molar-refractivity contribution in [2.45, 2.75) is 25.0 Å². The molecule has 0 saturated carbocycles. The summed E-state index contributed by atoms with van der Waals surface area (Å²) in [6.07, 6.45) is 3.83. The second kappa shape index (κ2) is 7.20. The summed E-state index contributed by atoms with van der Waals surface area (Å²) in [5.41, 5.74) is 1.27. The summed E-state index contributed by atoms with van der Waals surface area (Å²) in [6, 6.07) is 13.1. The zero-order valence-electron chi connectivity index (χ0n) is 16.6. The topological polar surface area (TPSA) is 77.0 Å². The van der Waals surface area contributed by atoms with E-state index < -0.39 is 5.72 Å². The van der Waals surface area contributed by atoms with Gasteiger partial charge in [0.25, 0.3) is 5.91 Å². The molecular weight excluding hydrogens is 370 g/mol. The molecule has 2 aliphatic rings. The van der Waals surface area contributed by atoms with Crippen LogP contribution in [0.2, 0.25) is 0 Å². The molecule has 0 aliphatic carbocycles. The maximum Gasteiger partial charge on any atom is 0.254 e. The Kier molecular flexibility index (Phi) is 4.70. The third kappa shape index (κ3) is 3.42. The van der Waals surface area contributed by atoms with Crippen molar-refractivity contribution in [3.63, 3.8) is 0 Å². The number of rotatable bonds is 4. The van der Waals surface area contributed by atoms with Gasteiger partial charge in [-0.25, -0.2) is 0 Å². The molecule has 6 heteroatoms. The minimum atomic E-state index is -0.785. The standard InChI is InChI=1S/C23H23NO5/c1-23-13-16(15-6-4-5-7-18(15)29-23)21(22(26)24-23)17(25)10-8-14-9-11-19(27-2)20(12-14)28-3/h4-12,16,25H,13H2,1-3H3,(H,24,26)/b10-8+,21-17-. The highest BCUT2D eigenvalue weighted by atomic mass is 16.5. The number of hydrogen-bond donors (Lipinski definition) is 2. The Bertz CT molecular complexity index is 1030. The van der Waals surface area contributed by atoms with Gasteiger partial charge in [-0.1, -0.05) is 30.3 Å². The predicted octanol–water partition coefficient (Wildman–Crippen LogP) is 3.94. The summed E-state index contributed by atoms with van der Waals surface area (Å²) in [4.78, 5) is 12.8. The number of hydrogen-bond acceptors (Lipinski definition) is 5. The fraction of sp³-hybridized carbons (Fsp3) is 0.261. The molecule has 1 saturated heterocycles. The second-order valence-corrected chi connectivity index (χ2v) is 7.33. The van der Waals surface area contributed by atoms with Crippen molar-refractivity contribution >= 4 is 12.0 Å². The molecule has 2 bridgehead atoms. The molecule has 2 aliphatic heterocycles. The van der Waals surface area contributed by atoms with E-state index in [9.17, 15) is 9.90 Å². The first kappa shape index (κ1) is 18.9. The molecular formula is C23H23NO5. The van der Waals surface area contributed by atoms with Crippen molar-refractivity contribution in [2.75, 3.05) is 14.2 Å². The molecule has 2 heterocycles. The summed E-state index contributed by atoms with van der Waals surface area (Å²) in [5, 5.41) is 13.7. The quantitative estimate of drug-likeness (QED) is 0.608. The Morgan fingerprint density at radius 2 is 1.97 bits per heavy atom. The Morgan fingerprint density at radius 3 is 2.72 bits per heavy atom. The highest BCUT2D eigenvalue weighted by Gasteiger charge is 2.47. The number of methoxy groups -OCH3 is 2. The van der Waals surface area contributed by atoms with E-state index in [2.05, 4.69) is 5.32 Å². The van der Waals surface area contributed by atoms with Gasteiger partial charge in [0, 0.05) is 17.9 Å². The number of fused-ring (bicyclic) bond motifs is 4. The van der Waals surface area contributed by atoms with Gasteiger partial charge in [-0.05, 0) is 36.8 Å². The van der Waals surface area contributed by atoms with Crippen molar-refractivity contribution < 1.29 is 24.1 Å². The first-order chi connectivity index (χ1) is 13.9. The lowest BCUT2D eigenvalue weighted by Gasteiger charge is -2.45. The molecule has 29 heavy (non-hydrogen) atoms. The molecule has 0 spiro atoms. The summed E-state index contributed by atoms with van der Waals surface area (Å²) in [5.74, 6) is 1.30. The lowest BCUT2D eigenvalue weighted by Crippen LogP contribution is -2.58. The van der Waals surface area contributed by atoms with Gasteiger partial charge in [0.1, 0.15) is 11.5 Å². The van der Waals surface area contributed by atoms with Gasteiger partial charge in [-0.3, -0.25) is 4.79 Å². The van der Waals surface area contributed by atoms with E-state index in [4.69, 9.17) is 14.2 Å². The number of piperidine rings is 1. The van der Waals surface area contributed by atoms with Crippen LogP contribution in [-0.4, -0.2) is 31.0 Å². The number of para-hydroxylation sites is 1. The van der Waals surface area contributed by atoms with Gasteiger partial charge < -0.3 is 24.6 Å². The molecule has 150 valence electrons. The van der Waals surface area contributed by atoms with Crippen LogP contribution >= 0.6 is 0 Å². The van der Waals surface area contributed by atoms with Crippen LogP contribution in [0, 0.1) is 0 Å². The number of allylic oxidation sites excluding steroid dienone is 1. The molecule has 0 radical (unpaired) electrons. The van der Waals surface area contributed by atoms with Crippen molar-refractivity contribution in [3.05, 3.63) is 71.0 Å². The molecule has 1 fully saturated rings. The lowest BCUT2D eigenvalue weighted by molar-refractivity contribution is -0.127. The monoisotopic (exact) mass is 393 g/mol. The molecule has 0 aromatic heterocycles. The molecule has 4 rings (SSSR count). The van der Waals surface area contributed by atoms with E-state index in [1.807, 2.05) is 37.3 Å². The smallest absolute Gasteiger partial charge is 0.254 e. The summed E-state index contributed by atoms with van der Waals surface area (Å²) in [6.45, 7) is 1.85. The molecule has 2 N–H and O–H groups in total. The summed E-state index contributed by atoms with van der Waals surface area (Å²) < 4.78 is 16.5. The number of benzene rings is 2. The fourth-order valence-corrected chi connectivity index (χ4v) is 3.96. The SMILES string of the molecule is COc1ccc(/C=C/C(O)=C2/C(=O)NC3(C)CC2c2ccccc2O3)cc1OC. The minimum absolute atomic E-state index is 0.0685. The van der Waals surface area contributed by atoms with E-state index in [-0.39, 0.29) is 17.6 Å². The number of nitrogens with one attached hydrogen (secondary N) is 1. The van der Waals surface area contributed by atoms with E-state index in [1.54, 1.807) is 32.4 Å². The fourth-order valence-electron chi connectivity index (χ4n) is 3.96. The number of carbonyl (C=O) groups is 1. The van der Waals surface area contributed by atoms with Gasteiger partial charge in [0.05, 0.1) is 19.8 Å². The Hall–Kier alpha value is -3.41. The van der Waals surface area contributed by atoms with Crippen molar-refractivity contribution in [1.82, 2.24) is 5.32 Å². The Morgan fingerprint density at radius 1 is 1.21 bits per heavy atom. The van der Waals surface area contributed by atoms with Gasteiger partial charge in [-0.2, -0.15) is 0 Å². The second-order valence-electron chi connectivity index (χ2n) is 7.33. The largest absolute Gasteiger partial charge is 0.507 e. The van der Waals surface area contributed by atoms with Gasteiger partial charge in [0.15, 0.2) is 17.2 Å². The van der Waals surface area contributed by atoms with Crippen LogP contribution < -0.4 is 19.5 Å². The molecule has 1 amide bonds. The van der Waals surface area contributed by atoms with Gasteiger partial charge >= 0.3 is 0 Å². The first-order valence-electron chi connectivity index (χ1n) is 9.38. The Labute approximate surface area is 169 Å². The van der Waals surface area contributed by atoms with Crippen LogP contribution in [0.1, 0.15) is 30.4 Å². The zero-order chi connectivity index (χ0) is 20.6. The van der Waals surface area contributed by atoms with Crippen molar-refractivity contribution in [2.24, 2.45) is 0 Å². The maximum atomic E-state index is 12.8. The van der Waals surface area contributed by atoms with Crippen LogP contribution in [0.3, 0.4) is 0 Å². The van der Waals surface area contributed by atoms with Crippen molar-refractivity contribution in [3.8, 4) is 17.2 Å². The number of ether oxygens (including phenoxy) is 3. The van der Waals surface area contributed by atoms with Crippen LogP contribution in [-0.2, 0) is 4.79 Å². The molecule has 2 aromatic carbocycles. The van der Waals surface area contributed by atoms with Crippen LogP contribution in [0.25, 0.3) is 6.08 Å². The normalized spacial score (nSPS) is 24.4. The average molecular weight is 393 g/mol. The third-order valence-electron chi connectivity index (χ3n) is 5.31. The van der Waals surface area contributed by atoms with Crippen LogP contribution in [0.4, 0.5) is 0 Å². The number of aliphatic hydroxyl groups excluding tert-OH is 1. The van der Waals surface area contributed by atoms with E-state index >= 15 is 0 Å². The minimum Gasteiger partial charge on any atom is -0.507 e. The molecule has 6 nitrogen and oxygen atoms in total. The number of carbonyl (C=O) groups excluding carboxylic acids is 1. The maximum absolute atomic E-state index is 12.8. The van der Waals surface area contributed by atoms with Crippen LogP contribution in [0.15, 0.2) is 59.9 Å². The number of aliphatic hydroxyl groups is 1. The Balaban J connectivity index is 1.71. The van der Waals surface area contributed by atoms with Crippen LogP contribution in [0.5, 0.6) is 17.2 Å². The zero-order valence-corrected chi connectivity index (χ0v) is 16.6. The van der Waals surface area contributed by atoms with Gasteiger partial charge in [-0.15, -0.1) is 0 Å². The van der Waals surface area contributed by atoms with Crippen molar-refractivity contribution in [1.29, 1.82) is 0 Å². The lowest BCUT2D eigenvalue weighted by atomic mass is 9.78. The summed E-state index contributed by atoms with van der Waals surface area (Å²) in [7, 11) is 3.14. The highest BCUT2D eigenvalue weighted by Crippen LogP contribution is 2.47. The van der Waals surface area contributed by atoms with E-state index in [0.717, 1.165) is 16.9 Å². The molecule has 2 aromatic rings. The predicted molar refractivity (Wildman–Crippen MR) is 109 cm³/mol.